The number of benzene rings is 1. The maximum Gasteiger partial charge on any atom is 0.331 e. The van der Waals surface area contributed by atoms with Gasteiger partial charge in [0.25, 0.3) is 5.56 Å². The van der Waals surface area contributed by atoms with E-state index in [1.807, 2.05) is 0 Å². The van der Waals surface area contributed by atoms with Crippen LogP contribution in [0.5, 0.6) is 0 Å². The van der Waals surface area contributed by atoms with Crippen LogP contribution in [0.15, 0.2) is 27.1 Å². The number of hydrogen-bond donors (Lipinski definition) is 1. The third-order valence-corrected chi connectivity index (χ3v) is 6.54. The second-order valence-electron chi connectivity index (χ2n) is 6.81. The van der Waals surface area contributed by atoms with Crippen LogP contribution in [0.3, 0.4) is 0 Å². The molecule has 0 aliphatic rings. The highest BCUT2D eigenvalue weighted by Crippen LogP contribution is 2.29. The maximum atomic E-state index is 14.3. The summed E-state index contributed by atoms with van der Waals surface area (Å²) in [6.07, 6.45) is -0.202. The first-order valence-electron chi connectivity index (χ1n) is 8.93. The molecule has 3 heterocycles. The summed E-state index contributed by atoms with van der Waals surface area (Å²) in [4.78, 5) is 41.6. The minimum Gasteiger partial charge on any atom is -0.302 e. The van der Waals surface area contributed by atoms with Crippen LogP contribution in [0.1, 0.15) is 11.3 Å². The number of halogens is 2. The van der Waals surface area contributed by atoms with Crippen LogP contribution < -0.4 is 16.6 Å². The summed E-state index contributed by atoms with van der Waals surface area (Å²) in [5.41, 5.74) is -0.452. The van der Waals surface area contributed by atoms with Crippen molar-refractivity contribution in [2.45, 2.75) is 13.3 Å². The summed E-state index contributed by atoms with van der Waals surface area (Å²) in [5.74, 6) is -1.83. The van der Waals surface area contributed by atoms with E-state index in [4.69, 9.17) is 0 Å². The summed E-state index contributed by atoms with van der Waals surface area (Å²) < 4.78 is 34.2. The van der Waals surface area contributed by atoms with Gasteiger partial charge in [0, 0.05) is 30.6 Å². The quantitative estimate of drug-likeness (QED) is 0.502. The van der Waals surface area contributed by atoms with E-state index in [1.54, 1.807) is 5.38 Å². The van der Waals surface area contributed by atoms with E-state index in [1.165, 1.54) is 31.7 Å². The minimum absolute atomic E-state index is 0.109. The average Bonchev–Trinajstić information content (AvgIpc) is 3.36. The van der Waals surface area contributed by atoms with Gasteiger partial charge in [-0.2, -0.15) is 4.37 Å². The second kappa shape index (κ2) is 7.78. The molecular formula is C19H15F2N5O3S2. The summed E-state index contributed by atoms with van der Waals surface area (Å²) in [6, 6.07) is 2.45. The van der Waals surface area contributed by atoms with Gasteiger partial charge in [0.1, 0.15) is 16.5 Å². The second-order valence-corrected chi connectivity index (χ2v) is 8.42. The maximum absolute atomic E-state index is 14.3. The number of aromatic nitrogens is 4. The normalized spacial score (nSPS) is 11.3. The number of anilines is 1. The smallest absolute Gasteiger partial charge is 0.302 e. The Kier molecular flexibility index (Phi) is 5.27. The number of fused-ring (bicyclic) bond motifs is 1. The van der Waals surface area contributed by atoms with Gasteiger partial charge in [0.15, 0.2) is 5.13 Å². The topological polar surface area (TPSA) is 98.9 Å². The van der Waals surface area contributed by atoms with Gasteiger partial charge >= 0.3 is 5.69 Å². The lowest BCUT2D eigenvalue weighted by molar-refractivity contribution is -0.115. The fourth-order valence-electron chi connectivity index (χ4n) is 3.07. The number of carbonyl (C=O) groups excluding carboxylic acids is 1. The Hall–Kier alpha value is -3.25. The van der Waals surface area contributed by atoms with Crippen LogP contribution >= 0.6 is 22.9 Å². The fourth-order valence-corrected chi connectivity index (χ4v) is 4.65. The molecule has 4 rings (SSSR count). The van der Waals surface area contributed by atoms with Gasteiger partial charge in [-0.25, -0.2) is 18.6 Å². The summed E-state index contributed by atoms with van der Waals surface area (Å²) in [6.45, 7) is 1.33. The van der Waals surface area contributed by atoms with E-state index in [9.17, 15) is 23.2 Å². The molecule has 1 N–H and O–H groups in total. The number of nitrogens with one attached hydrogen (secondary N) is 1. The minimum atomic E-state index is -0.710. The molecule has 0 saturated heterocycles. The van der Waals surface area contributed by atoms with Crippen LogP contribution in [-0.2, 0) is 25.3 Å². The first-order chi connectivity index (χ1) is 14.7. The lowest BCUT2D eigenvalue weighted by Crippen LogP contribution is -2.36. The number of nitrogens with zero attached hydrogens (tertiary/aromatic N) is 4. The highest BCUT2D eigenvalue weighted by Gasteiger charge is 2.20. The molecule has 0 unspecified atom stereocenters. The molecule has 8 nitrogen and oxygen atoms in total. The van der Waals surface area contributed by atoms with Crippen molar-refractivity contribution in [2.75, 3.05) is 5.32 Å². The SMILES string of the molecule is Cc1c(F)ccc(-c2csc(NC(=O)Cc3nsc4c3c(=O)n(C)c(=O)n4C)n2)c1F. The molecule has 31 heavy (non-hydrogen) atoms. The van der Waals surface area contributed by atoms with Crippen molar-refractivity contribution in [3.05, 3.63) is 61.2 Å². The van der Waals surface area contributed by atoms with E-state index < -0.39 is 28.8 Å². The van der Waals surface area contributed by atoms with Gasteiger partial charge in [-0.1, -0.05) is 0 Å². The molecular weight excluding hydrogens is 448 g/mol. The molecule has 0 spiro atoms. The summed E-state index contributed by atoms with van der Waals surface area (Å²) in [7, 11) is 2.89. The van der Waals surface area contributed by atoms with Crippen molar-refractivity contribution < 1.29 is 13.6 Å². The molecule has 0 aliphatic heterocycles. The summed E-state index contributed by atoms with van der Waals surface area (Å²) >= 11 is 2.05. The van der Waals surface area contributed by atoms with Crippen molar-refractivity contribution >= 4 is 44.1 Å². The van der Waals surface area contributed by atoms with E-state index in [0.717, 1.165) is 33.5 Å². The number of aryl methyl sites for hydroxylation is 1. The van der Waals surface area contributed by atoms with Gasteiger partial charge in [0.05, 0.1) is 23.2 Å². The molecule has 1 amide bonds. The van der Waals surface area contributed by atoms with Gasteiger partial charge in [0.2, 0.25) is 5.91 Å². The summed E-state index contributed by atoms with van der Waals surface area (Å²) in [5, 5.41) is 4.59. The number of carbonyl (C=O) groups is 1. The molecule has 0 bridgehead atoms. The molecule has 0 saturated carbocycles. The highest BCUT2D eigenvalue weighted by molar-refractivity contribution is 7.14. The lowest BCUT2D eigenvalue weighted by atomic mass is 10.1. The van der Waals surface area contributed by atoms with Crippen LogP contribution in [-0.4, -0.2) is 24.4 Å². The highest BCUT2D eigenvalue weighted by atomic mass is 32.1. The zero-order valence-electron chi connectivity index (χ0n) is 16.5. The van der Waals surface area contributed by atoms with Gasteiger partial charge in [-0.15, -0.1) is 11.3 Å². The zero-order chi connectivity index (χ0) is 22.4. The van der Waals surface area contributed by atoms with E-state index >= 15 is 0 Å². The van der Waals surface area contributed by atoms with E-state index in [0.29, 0.717) is 4.83 Å². The Morgan fingerprint density at radius 1 is 1.19 bits per heavy atom. The molecule has 4 aromatic rings. The van der Waals surface area contributed by atoms with Gasteiger partial charge < -0.3 is 5.32 Å². The first kappa shape index (κ1) is 21.0. The van der Waals surface area contributed by atoms with Crippen LogP contribution in [0, 0.1) is 18.6 Å². The van der Waals surface area contributed by atoms with E-state index in [-0.39, 0.29) is 39.5 Å². The number of hydrogen-bond acceptors (Lipinski definition) is 7. The lowest BCUT2D eigenvalue weighted by Gasteiger charge is -2.04. The molecule has 0 aliphatic carbocycles. The Morgan fingerprint density at radius 2 is 1.94 bits per heavy atom. The average molecular weight is 463 g/mol. The third kappa shape index (κ3) is 3.57. The van der Waals surface area contributed by atoms with Gasteiger partial charge in [-0.05, 0) is 30.6 Å². The van der Waals surface area contributed by atoms with E-state index in [2.05, 4.69) is 14.7 Å². The Bertz CT molecular complexity index is 1470. The molecule has 0 radical (unpaired) electrons. The predicted octanol–water partition coefficient (Wildman–Crippen LogP) is 2.59. The van der Waals surface area contributed by atoms with Crippen LogP contribution in [0.2, 0.25) is 0 Å². The van der Waals surface area contributed by atoms with Crippen molar-refractivity contribution in [3.8, 4) is 11.3 Å². The fraction of sp³-hybridized carbons (Fsp3) is 0.211. The Labute approximate surface area is 181 Å². The first-order valence-corrected chi connectivity index (χ1v) is 10.6. The third-order valence-electron chi connectivity index (χ3n) is 4.82. The molecule has 3 aromatic heterocycles. The molecule has 0 atom stereocenters. The van der Waals surface area contributed by atoms with Crippen molar-refractivity contribution in [1.29, 1.82) is 0 Å². The zero-order valence-corrected chi connectivity index (χ0v) is 18.2. The van der Waals surface area contributed by atoms with Crippen molar-refractivity contribution in [2.24, 2.45) is 14.1 Å². The molecule has 160 valence electrons. The van der Waals surface area contributed by atoms with Gasteiger partial charge in [-0.3, -0.25) is 18.7 Å². The molecule has 1 aromatic carbocycles. The Balaban J connectivity index is 1.58. The van der Waals surface area contributed by atoms with Crippen molar-refractivity contribution in [3.63, 3.8) is 0 Å². The Morgan fingerprint density at radius 3 is 2.68 bits per heavy atom. The van der Waals surface area contributed by atoms with Crippen molar-refractivity contribution in [1.82, 2.24) is 18.5 Å². The monoisotopic (exact) mass is 463 g/mol. The number of thiazole rings is 1. The molecule has 0 fully saturated rings. The van der Waals surface area contributed by atoms with Crippen LogP contribution in [0.4, 0.5) is 13.9 Å². The standard InChI is InChI=1S/C19H15F2N5O3S2/c1-8-10(20)5-4-9(15(8)21)12-7-30-18(22-12)23-13(27)6-11-14-16(28)25(2)19(29)26(3)17(14)31-24-11/h4-5,7H,6H2,1-3H3,(H,22,23,27). The predicted molar refractivity (Wildman–Crippen MR) is 115 cm³/mol. The largest absolute Gasteiger partial charge is 0.331 e. The number of rotatable bonds is 4. The molecule has 12 heteroatoms. The van der Waals surface area contributed by atoms with Crippen LogP contribution in [0.25, 0.3) is 21.5 Å². The number of amides is 1.